The molecule has 0 saturated heterocycles. The third-order valence-electron chi connectivity index (χ3n) is 2.88. The molecule has 0 radical (unpaired) electrons. The lowest BCUT2D eigenvalue weighted by Gasteiger charge is -2.12. The van der Waals surface area contributed by atoms with E-state index in [0.29, 0.717) is 31.7 Å². The minimum absolute atomic E-state index is 0.311. The minimum Gasteiger partial charge on any atom is -0.475 e. The first-order chi connectivity index (χ1) is 9.77. The number of nitrogens with zero attached hydrogens (tertiary/aromatic N) is 1. The van der Waals surface area contributed by atoms with E-state index in [1.165, 1.54) is 0 Å². The lowest BCUT2D eigenvalue weighted by Crippen LogP contribution is -2.17. The summed E-state index contributed by atoms with van der Waals surface area (Å²) in [6.07, 6.45) is 2.76. The summed E-state index contributed by atoms with van der Waals surface area (Å²) in [4.78, 5) is 4.29. The summed E-state index contributed by atoms with van der Waals surface area (Å²) in [6.45, 7) is 7.67. The van der Waals surface area contributed by atoms with Crippen LogP contribution in [-0.4, -0.2) is 45.1 Å². The van der Waals surface area contributed by atoms with Crippen LogP contribution in [0.25, 0.3) is 0 Å². The molecule has 5 heteroatoms. The molecule has 0 saturated carbocycles. The van der Waals surface area contributed by atoms with Gasteiger partial charge in [0.15, 0.2) is 0 Å². The van der Waals surface area contributed by atoms with E-state index in [-0.39, 0.29) is 0 Å². The molecule has 0 aromatic carbocycles. The molecule has 1 N–H and O–H groups in total. The third-order valence-corrected chi connectivity index (χ3v) is 2.88. The van der Waals surface area contributed by atoms with E-state index in [1.54, 1.807) is 7.11 Å². The van der Waals surface area contributed by atoms with Gasteiger partial charge in [-0.2, -0.15) is 0 Å². The first-order valence-corrected chi connectivity index (χ1v) is 7.16. The molecule has 1 rings (SSSR count). The Labute approximate surface area is 121 Å². The van der Waals surface area contributed by atoms with Crippen LogP contribution in [0.3, 0.4) is 0 Å². The van der Waals surface area contributed by atoms with Gasteiger partial charge < -0.3 is 19.5 Å². The Morgan fingerprint density at radius 3 is 2.70 bits per heavy atom. The zero-order valence-electron chi connectivity index (χ0n) is 12.7. The quantitative estimate of drug-likeness (QED) is 0.630. The van der Waals surface area contributed by atoms with Crippen molar-refractivity contribution in [3.8, 4) is 5.88 Å². The smallest absolute Gasteiger partial charge is 0.213 e. The van der Waals surface area contributed by atoms with Crippen molar-refractivity contribution in [2.75, 3.05) is 40.1 Å². The minimum atomic E-state index is 0.311. The fourth-order valence-corrected chi connectivity index (χ4v) is 1.77. The van der Waals surface area contributed by atoms with E-state index in [9.17, 15) is 0 Å². The molecule has 20 heavy (non-hydrogen) atoms. The second-order valence-electron chi connectivity index (χ2n) is 4.52. The van der Waals surface area contributed by atoms with Crippen molar-refractivity contribution in [3.63, 3.8) is 0 Å². The number of ether oxygens (including phenoxy) is 3. The van der Waals surface area contributed by atoms with Crippen molar-refractivity contribution >= 4 is 0 Å². The molecular weight excluding hydrogens is 256 g/mol. The average Bonchev–Trinajstić information content (AvgIpc) is 2.47. The standard InChI is InChI=1S/C15H26N2O3/c1-4-16-13(2)14-6-7-15(17-12-14)20-11-10-19-9-5-8-18-3/h6-7,12-13,16H,4-5,8-11H2,1-3H3. The molecule has 1 unspecified atom stereocenters. The van der Waals surface area contributed by atoms with E-state index >= 15 is 0 Å². The van der Waals surface area contributed by atoms with Gasteiger partial charge in [-0.1, -0.05) is 13.0 Å². The molecule has 0 aliphatic rings. The third kappa shape index (κ3) is 6.84. The summed E-state index contributed by atoms with van der Waals surface area (Å²) in [6, 6.07) is 4.24. The Balaban J connectivity index is 2.18. The molecule has 5 nitrogen and oxygen atoms in total. The Hall–Kier alpha value is -1.17. The molecular formula is C15H26N2O3. The molecule has 1 atom stereocenters. The maximum atomic E-state index is 5.52. The molecule has 1 heterocycles. The van der Waals surface area contributed by atoms with E-state index in [0.717, 1.165) is 25.1 Å². The number of pyridine rings is 1. The second kappa shape index (κ2) is 10.6. The van der Waals surface area contributed by atoms with Gasteiger partial charge in [0.05, 0.1) is 6.61 Å². The van der Waals surface area contributed by atoms with Crippen LogP contribution in [0.4, 0.5) is 0 Å². The van der Waals surface area contributed by atoms with Crippen molar-refractivity contribution < 1.29 is 14.2 Å². The molecule has 0 aliphatic carbocycles. The fourth-order valence-electron chi connectivity index (χ4n) is 1.77. The normalized spacial score (nSPS) is 12.3. The molecule has 0 spiro atoms. The number of aromatic nitrogens is 1. The van der Waals surface area contributed by atoms with Crippen LogP contribution < -0.4 is 10.1 Å². The fraction of sp³-hybridized carbons (Fsp3) is 0.667. The lowest BCUT2D eigenvalue weighted by atomic mass is 10.1. The number of nitrogens with one attached hydrogen (secondary N) is 1. The Morgan fingerprint density at radius 1 is 1.20 bits per heavy atom. The summed E-state index contributed by atoms with van der Waals surface area (Å²) >= 11 is 0. The largest absolute Gasteiger partial charge is 0.475 e. The van der Waals surface area contributed by atoms with E-state index in [2.05, 4.69) is 24.1 Å². The van der Waals surface area contributed by atoms with Crippen molar-refractivity contribution in [1.82, 2.24) is 10.3 Å². The highest BCUT2D eigenvalue weighted by Crippen LogP contribution is 2.14. The van der Waals surface area contributed by atoms with E-state index in [4.69, 9.17) is 14.2 Å². The summed E-state index contributed by atoms with van der Waals surface area (Å²) in [5, 5.41) is 3.35. The molecule has 114 valence electrons. The first-order valence-electron chi connectivity index (χ1n) is 7.16. The number of hydrogen-bond acceptors (Lipinski definition) is 5. The van der Waals surface area contributed by atoms with Gasteiger partial charge in [-0.25, -0.2) is 4.98 Å². The summed E-state index contributed by atoms with van der Waals surface area (Å²) in [7, 11) is 1.69. The predicted octanol–water partition coefficient (Wildman–Crippen LogP) is 2.18. The van der Waals surface area contributed by atoms with Crippen LogP contribution in [0.5, 0.6) is 5.88 Å². The maximum Gasteiger partial charge on any atom is 0.213 e. The van der Waals surface area contributed by atoms with Crippen LogP contribution in [0.1, 0.15) is 31.9 Å². The van der Waals surface area contributed by atoms with Gasteiger partial charge in [0.25, 0.3) is 0 Å². The van der Waals surface area contributed by atoms with Crippen molar-refractivity contribution in [2.24, 2.45) is 0 Å². The Bertz CT molecular complexity index is 343. The average molecular weight is 282 g/mol. The van der Waals surface area contributed by atoms with Gasteiger partial charge in [-0.05, 0) is 25.5 Å². The highest BCUT2D eigenvalue weighted by Gasteiger charge is 2.04. The predicted molar refractivity (Wildman–Crippen MR) is 79.1 cm³/mol. The second-order valence-corrected chi connectivity index (χ2v) is 4.52. The zero-order chi connectivity index (χ0) is 14.6. The highest BCUT2D eigenvalue weighted by atomic mass is 16.5. The van der Waals surface area contributed by atoms with Crippen LogP contribution in [0, 0.1) is 0 Å². The molecule has 1 aromatic heterocycles. The number of hydrogen-bond donors (Lipinski definition) is 1. The van der Waals surface area contributed by atoms with Crippen LogP contribution in [0.2, 0.25) is 0 Å². The van der Waals surface area contributed by atoms with Gasteiger partial charge in [0.2, 0.25) is 5.88 Å². The van der Waals surface area contributed by atoms with Crippen LogP contribution in [-0.2, 0) is 9.47 Å². The summed E-state index contributed by atoms with van der Waals surface area (Å²) in [5.41, 5.74) is 1.16. The van der Waals surface area contributed by atoms with Gasteiger partial charge >= 0.3 is 0 Å². The van der Waals surface area contributed by atoms with Crippen LogP contribution >= 0.6 is 0 Å². The van der Waals surface area contributed by atoms with Crippen LogP contribution in [0.15, 0.2) is 18.3 Å². The maximum absolute atomic E-state index is 5.52. The lowest BCUT2D eigenvalue weighted by molar-refractivity contribution is 0.0795. The highest BCUT2D eigenvalue weighted by molar-refractivity contribution is 5.20. The van der Waals surface area contributed by atoms with Crippen molar-refractivity contribution in [2.45, 2.75) is 26.3 Å². The number of methoxy groups -OCH3 is 1. The number of rotatable bonds is 11. The summed E-state index contributed by atoms with van der Waals surface area (Å²) in [5.74, 6) is 0.637. The molecule has 0 bridgehead atoms. The van der Waals surface area contributed by atoms with E-state index in [1.807, 2.05) is 18.3 Å². The Kier molecular flexibility index (Phi) is 8.95. The Morgan fingerprint density at radius 2 is 2.05 bits per heavy atom. The van der Waals surface area contributed by atoms with Gasteiger partial charge in [-0.3, -0.25) is 0 Å². The molecule has 1 aromatic rings. The zero-order valence-corrected chi connectivity index (χ0v) is 12.7. The SMILES string of the molecule is CCNC(C)c1ccc(OCCOCCCOC)nc1. The molecule has 0 aliphatic heterocycles. The molecule has 0 fully saturated rings. The molecule has 0 amide bonds. The van der Waals surface area contributed by atoms with Gasteiger partial charge in [0.1, 0.15) is 6.61 Å². The van der Waals surface area contributed by atoms with E-state index < -0.39 is 0 Å². The summed E-state index contributed by atoms with van der Waals surface area (Å²) < 4.78 is 15.9. The van der Waals surface area contributed by atoms with Crippen molar-refractivity contribution in [3.05, 3.63) is 23.9 Å². The van der Waals surface area contributed by atoms with Gasteiger partial charge in [-0.15, -0.1) is 0 Å². The van der Waals surface area contributed by atoms with Crippen molar-refractivity contribution in [1.29, 1.82) is 0 Å². The first kappa shape index (κ1) is 16.9. The topological polar surface area (TPSA) is 52.6 Å². The van der Waals surface area contributed by atoms with Gasteiger partial charge in [0, 0.05) is 38.6 Å². The monoisotopic (exact) mass is 282 g/mol.